The average Bonchev–Trinajstić information content (AvgIpc) is 2.57. The van der Waals surface area contributed by atoms with Crippen LogP contribution in [0.25, 0.3) is 11.1 Å². The second-order valence-corrected chi connectivity index (χ2v) is 5.42. The van der Waals surface area contributed by atoms with E-state index in [0.29, 0.717) is 5.69 Å². The molecule has 0 aromatic heterocycles. The topological polar surface area (TPSA) is 49.3 Å². The van der Waals surface area contributed by atoms with Gasteiger partial charge in [-0.15, -0.1) is 0 Å². The number of benzene rings is 3. The van der Waals surface area contributed by atoms with Gasteiger partial charge in [-0.05, 0) is 42.3 Å². The number of aryl methyl sites for hydroxylation is 1. The number of hydrogen-bond acceptors (Lipinski definition) is 2. The van der Waals surface area contributed by atoms with Crippen LogP contribution in [0.2, 0.25) is 0 Å². The normalized spacial score (nSPS) is 10.3. The van der Waals surface area contributed by atoms with E-state index in [0.717, 1.165) is 22.4 Å². The first kappa shape index (κ1) is 14.9. The molecule has 0 saturated heterocycles. The first-order valence-electron chi connectivity index (χ1n) is 7.40. The summed E-state index contributed by atoms with van der Waals surface area (Å²) in [5.41, 5.74) is 4.89. The van der Waals surface area contributed by atoms with Crippen LogP contribution < -0.4 is 5.32 Å². The minimum atomic E-state index is -0.945. The van der Waals surface area contributed by atoms with Crippen molar-refractivity contribution in [3.63, 3.8) is 0 Å². The fraction of sp³-hybridized carbons (Fsp3) is 0.0500. The Morgan fingerprint density at radius 1 is 0.870 bits per heavy atom. The van der Waals surface area contributed by atoms with E-state index in [2.05, 4.69) is 5.32 Å². The molecule has 3 heteroatoms. The molecule has 0 atom stereocenters. The number of rotatable bonds is 4. The van der Waals surface area contributed by atoms with Crippen LogP contribution in [0.3, 0.4) is 0 Å². The predicted octanol–water partition coefficient (Wildman–Crippen LogP) is 5.10. The summed E-state index contributed by atoms with van der Waals surface area (Å²) in [5, 5.41) is 12.6. The van der Waals surface area contributed by atoms with Crippen molar-refractivity contribution in [2.75, 3.05) is 5.32 Å². The molecule has 114 valence electrons. The van der Waals surface area contributed by atoms with Crippen LogP contribution in [0.4, 0.5) is 11.4 Å². The summed E-state index contributed by atoms with van der Waals surface area (Å²) in [6.07, 6.45) is 0. The number of carboxylic acids is 1. The van der Waals surface area contributed by atoms with Crippen LogP contribution >= 0.6 is 0 Å². The van der Waals surface area contributed by atoms with Crippen molar-refractivity contribution in [3.8, 4) is 11.1 Å². The average molecular weight is 303 g/mol. The van der Waals surface area contributed by atoms with Crippen molar-refractivity contribution in [3.05, 3.63) is 83.9 Å². The van der Waals surface area contributed by atoms with E-state index in [1.165, 1.54) is 0 Å². The summed E-state index contributed by atoms with van der Waals surface area (Å²) in [7, 11) is 0. The standard InChI is InChI=1S/C20H17NO2/c1-14-7-10-17(11-8-14)21-19-13-16(9-12-18(19)20(22)23)15-5-3-2-4-6-15/h2-13,21H,1H3,(H,22,23). The molecule has 0 unspecified atom stereocenters. The predicted molar refractivity (Wildman–Crippen MR) is 93.3 cm³/mol. The van der Waals surface area contributed by atoms with E-state index in [1.54, 1.807) is 6.07 Å². The van der Waals surface area contributed by atoms with Crippen LogP contribution in [0.5, 0.6) is 0 Å². The molecule has 0 aliphatic heterocycles. The van der Waals surface area contributed by atoms with Crippen LogP contribution in [0.15, 0.2) is 72.8 Å². The number of hydrogen-bond donors (Lipinski definition) is 2. The molecule has 0 bridgehead atoms. The molecule has 0 aliphatic rings. The lowest BCUT2D eigenvalue weighted by Crippen LogP contribution is -2.03. The third kappa shape index (κ3) is 3.40. The number of aromatic carboxylic acids is 1. The minimum absolute atomic E-state index is 0.255. The lowest BCUT2D eigenvalue weighted by atomic mass is 10.0. The third-order valence-electron chi connectivity index (χ3n) is 3.69. The zero-order valence-corrected chi connectivity index (χ0v) is 12.8. The summed E-state index contributed by atoms with van der Waals surface area (Å²) in [4.78, 5) is 11.5. The summed E-state index contributed by atoms with van der Waals surface area (Å²) in [6, 6.07) is 23.1. The Labute approximate surface area is 135 Å². The highest BCUT2D eigenvalue weighted by Crippen LogP contribution is 2.28. The summed E-state index contributed by atoms with van der Waals surface area (Å²) >= 11 is 0. The van der Waals surface area contributed by atoms with E-state index >= 15 is 0 Å². The first-order chi connectivity index (χ1) is 11.1. The number of carboxylic acid groups (broad SMARTS) is 1. The quantitative estimate of drug-likeness (QED) is 0.704. The molecule has 3 nitrogen and oxygen atoms in total. The number of anilines is 2. The van der Waals surface area contributed by atoms with Crippen molar-refractivity contribution >= 4 is 17.3 Å². The maximum atomic E-state index is 11.5. The van der Waals surface area contributed by atoms with Crippen LogP contribution in [0, 0.1) is 6.92 Å². The summed E-state index contributed by atoms with van der Waals surface area (Å²) in [5.74, 6) is -0.945. The van der Waals surface area contributed by atoms with Gasteiger partial charge in [-0.25, -0.2) is 4.79 Å². The zero-order chi connectivity index (χ0) is 16.2. The molecule has 2 N–H and O–H groups in total. The molecular weight excluding hydrogens is 286 g/mol. The van der Waals surface area contributed by atoms with E-state index in [-0.39, 0.29) is 5.56 Å². The molecule has 0 aliphatic carbocycles. The second kappa shape index (κ2) is 6.36. The first-order valence-corrected chi connectivity index (χ1v) is 7.40. The SMILES string of the molecule is Cc1ccc(Nc2cc(-c3ccccc3)ccc2C(=O)O)cc1. The summed E-state index contributed by atoms with van der Waals surface area (Å²) in [6.45, 7) is 2.02. The lowest BCUT2D eigenvalue weighted by Gasteiger charge is -2.12. The van der Waals surface area contributed by atoms with Gasteiger partial charge >= 0.3 is 5.97 Å². The van der Waals surface area contributed by atoms with Gasteiger partial charge in [0, 0.05) is 5.69 Å². The van der Waals surface area contributed by atoms with Gasteiger partial charge < -0.3 is 10.4 Å². The molecule has 0 heterocycles. The highest BCUT2D eigenvalue weighted by atomic mass is 16.4. The highest BCUT2D eigenvalue weighted by molar-refractivity contribution is 5.96. The molecule has 0 saturated carbocycles. The Bertz CT molecular complexity index is 824. The monoisotopic (exact) mass is 303 g/mol. The molecule has 0 amide bonds. The Morgan fingerprint density at radius 2 is 1.57 bits per heavy atom. The third-order valence-corrected chi connectivity index (χ3v) is 3.69. The summed E-state index contributed by atoms with van der Waals surface area (Å²) < 4.78 is 0. The molecular formula is C20H17NO2. The van der Waals surface area contributed by atoms with Gasteiger partial charge in [0.25, 0.3) is 0 Å². The zero-order valence-electron chi connectivity index (χ0n) is 12.8. The fourth-order valence-corrected chi connectivity index (χ4v) is 2.44. The smallest absolute Gasteiger partial charge is 0.337 e. The van der Waals surface area contributed by atoms with Crippen molar-refractivity contribution in [2.45, 2.75) is 6.92 Å². The van der Waals surface area contributed by atoms with Crippen LogP contribution in [0.1, 0.15) is 15.9 Å². The van der Waals surface area contributed by atoms with Gasteiger partial charge in [0.05, 0.1) is 11.3 Å². The highest BCUT2D eigenvalue weighted by Gasteiger charge is 2.11. The van der Waals surface area contributed by atoms with Crippen molar-refractivity contribution in [2.24, 2.45) is 0 Å². The molecule has 0 radical (unpaired) electrons. The van der Waals surface area contributed by atoms with Crippen LogP contribution in [-0.2, 0) is 0 Å². The van der Waals surface area contributed by atoms with Crippen molar-refractivity contribution in [1.29, 1.82) is 0 Å². The molecule has 0 fully saturated rings. The van der Waals surface area contributed by atoms with Crippen LogP contribution in [-0.4, -0.2) is 11.1 Å². The number of nitrogens with one attached hydrogen (secondary N) is 1. The Balaban J connectivity index is 2.01. The molecule has 23 heavy (non-hydrogen) atoms. The maximum Gasteiger partial charge on any atom is 0.337 e. The molecule has 3 aromatic rings. The van der Waals surface area contributed by atoms with Gasteiger partial charge in [-0.1, -0.05) is 54.1 Å². The van der Waals surface area contributed by atoms with Gasteiger partial charge in [0.15, 0.2) is 0 Å². The Kier molecular flexibility index (Phi) is 4.11. The van der Waals surface area contributed by atoms with E-state index in [9.17, 15) is 9.90 Å². The van der Waals surface area contributed by atoms with Gasteiger partial charge in [0.2, 0.25) is 0 Å². The van der Waals surface area contributed by atoms with Gasteiger partial charge in [-0.3, -0.25) is 0 Å². The van der Waals surface area contributed by atoms with Crippen molar-refractivity contribution in [1.82, 2.24) is 0 Å². The maximum absolute atomic E-state index is 11.5. The van der Waals surface area contributed by atoms with E-state index in [1.807, 2.05) is 73.7 Å². The molecule has 3 aromatic carbocycles. The van der Waals surface area contributed by atoms with E-state index in [4.69, 9.17) is 0 Å². The minimum Gasteiger partial charge on any atom is -0.478 e. The Morgan fingerprint density at radius 3 is 2.22 bits per heavy atom. The van der Waals surface area contributed by atoms with Gasteiger partial charge in [0.1, 0.15) is 0 Å². The largest absolute Gasteiger partial charge is 0.478 e. The second-order valence-electron chi connectivity index (χ2n) is 5.42. The van der Waals surface area contributed by atoms with E-state index < -0.39 is 5.97 Å². The van der Waals surface area contributed by atoms with Crippen molar-refractivity contribution < 1.29 is 9.90 Å². The number of carbonyl (C=O) groups is 1. The Hall–Kier alpha value is -3.07. The fourth-order valence-electron chi connectivity index (χ4n) is 2.44. The molecule has 0 spiro atoms. The molecule has 3 rings (SSSR count). The lowest BCUT2D eigenvalue weighted by molar-refractivity contribution is 0.0698. The van der Waals surface area contributed by atoms with Gasteiger partial charge in [-0.2, -0.15) is 0 Å².